The predicted octanol–water partition coefficient (Wildman–Crippen LogP) is 2.37. The molecule has 1 heterocycles. The van der Waals surface area contributed by atoms with E-state index in [0.717, 1.165) is 10.8 Å². The SMILES string of the molecule is C[C@H](C(=O)NCC(F)(F)F)[n+]1ccc2ccccc2c1. The van der Waals surface area contributed by atoms with Crippen molar-refractivity contribution in [2.24, 2.45) is 0 Å². The summed E-state index contributed by atoms with van der Waals surface area (Å²) in [5.74, 6) is -0.664. The third kappa shape index (κ3) is 3.46. The van der Waals surface area contributed by atoms with Crippen molar-refractivity contribution in [3.05, 3.63) is 42.7 Å². The Morgan fingerprint density at radius 2 is 1.90 bits per heavy atom. The summed E-state index contributed by atoms with van der Waals surface area (Å²) >= 11 is 0. The highest BCUT2D eigenvalue weighted by Gasteiger charge is 2.30. The second kappa shape index (κ2) is 5.48. The third-order valence-electron chi connectivity index (χ3n) is 3.00. The molecule has 0 fully saturated rings. The van der Waals surface area contributed by atoms with Gasteiger partial charge in [0.25, 0.3) is 5.91 Å². The van der Waals surface area contributed by atoms with Crippen molar-refractivity contribution in [1.82, 2.24) is 5.32 Å². The minimum absolute atomic E-state index is 0.664. The summed E-state index contributed by atoms with van der Waals surface area (Å²) in [6, 6.07) is 8.68. The van der Waals surface area contributed by atoms with E-state index in [1.54, 1.807) is 23.9 Å². The Bertz CT molecular complexity index is 625. The smallest absolute Gasteiger partial charge is 0.341 e. The lowest BCUT2D eigenvalue weighted by Gasteiger charge is -2.10. The number of nitrogens with one attached hydrogen (secondary N) is 1. The van der Waals surface area contributed by atoms with Crippen LogP contribution in [0.3, 0.4) is 0 Å². The molecule has 1 N–H and O–H groups in total. The molecule has 0 aliphatic carbocycles. The van der Waals surface area contributed by atoms with Gasteiger partial charge in [-0.25, -0.2) is 0 Å². The lowest BCUT2D eigenvalue weighted by Crippen LogP contribution is -2.48. The highest BCUT2D eigenvalue weighted by atomic mass is 19.4. The molecule has 0 radical (unpaired) electrons. The van der Waals surface area contributed by atoms with Crippen LogP contribution in [-0.4, -0.2) is 18.6 Å². The van der Waals surface area contributed by atoms with Gasteiger partial charge in [0.05, 0.1) is 0 Å². The number of hydrogen-bond donors (Lipinski definition) is 1. The number of carbonyl (C=O) groups is 1. The standard InChI is InChI=1S/C14H13F3N2O/c1-10(13(20)18-9-14(15,16)17)19-7-6-11-4-2-3-5-12(11)8-19/h2-8,10H,9H2,1H3/p+1/t10-/m1/s1. The first-order valence-corrected chi connectivity index (χ1v) is 6.11. The van der Waals surface area contributed by atoms with E-state index in [1.165, 1.54) is 0 Å². The second-order valence-electron chi connectivity index (χ2n) is 4.53. The zero-order valence-corrected chi connectivity index (χ0v) is 10.8. The van der Waals surface area contributed by atoms with Gasteiger partial charge in [-0.3, -0.25) is 4.79 Å². The third-order valence-corrected chi connectivity index (χ3v) is 3.00. The number of hydrogen-bond acceptors (Lipinski definition) is 1. The zero-order valence-electron chi connectivity index (χ0n) is 10.8. The average molecular weight is 283 g/mol. The lowest BCUT2D eigenvalue weighted by molar-refractivity contribution is -0.704. The van der Waals surface area contributed by atoms with Crippen LogP contribution in [0.1, 0.15) is 13.0 Å². The fraction of sp³-hybridized carbons (Fsp3) is 0.286. The molecule has 1 amide bonds. The minimum Gasteiger partial charge on any atom is -0.341 e. The van der Waals surface area contributed by atoms with Crippen LogP contribution in [0, 0.1) is 0 Å². The van der Waals surface area contributed by atoms with Crippen LogP contribution in [0.5, 0.6) is 0 Å². The van der Waals surface area contributed by atoms with Crippen LogP contribution in [0.15, 0.2) is 42.7 Å². The molecule has 0 aliphatic rings. The van der Waals surface area contributed by atoms with Crippen molar-refractivity contribution in [2.45, 2.75) is 19.1 Å². The van der Waals surface area contributed by atoms with E-state index in [2.05, 4.69) is 0 Å². The maximum atomic E-state index is 12.1. The second-order valence-corrected chi connectivity index (χ2v) is 4.53. The van der Waals surface area contributed by atoms with Crippen molar-refractivity contribution < 1.29 is 22.5 Å². The van der Waals surface area contributed by atoms with Crippen LogP contribution < -0.4 is 9.88 Å². The van der Waals surface area contributed by atoms with E-state index in [1.807, 2.05) is 35.6 Å². The molecule has 3 nitrogen and oxygen atoms in total. The summed E-state index contributed by atoms with van der Waals surface area (Å²) < 4.78 is 37.8. The molecule has 2 rings (SSSR count). The number of carbonyl (C=O) groups excluding carboxylic acids is 1. The molecule has 1 aromatic heterocycles. The molecule has 0 aliphatic heterocycles. The van der Waals surface area contributed by atoms with Crippen LogP contribution in [0.4, 0.5) is 13.2 Å². The Morgan fingerprint density at radius 3 is 2.55 bits per heavy atom. The van der Waals surface area contributed by atoms with Crippen molar-refractivity contribution >= 4 is 16.7 Å². The molecule has 20 heavy (non-hydrogen) atoms. The number of alkyl halides is 3. The molecule has 0 saturated heterocycles. The molecular weight excluding hydrogens is 269 g/mol. The number of pyridine rings is 1. The van der Waals surface area contributed by atoms with Gasteiger partial charge in [-0.2, -0.15) is 17.7 Å². The summed E-state index contributed by atoms with van der Waals surface area (Å²) in [4.78, 5) is 11.7. The molecule has 6 heteroatoms. The van der Waals surface area contributed by atoms with Crippen LogP contribution >= 0.6 is 0 Å². The summed E-state index contributed by atoms with van der Waals surface area (Å²) in [5.41, 5.74) is 0. The van der Waals surface area contributed by atoms with Gasteiger partial charge in [0.15, 0.2) is 12.4 Å². The van der Waals surface area contributed by atoms with Gasteiger partial charge in [-0.1, -0.05) is 18.2 Å². The Hall–Kier alpha value is -2.11. The number of fused-ring (bicyclic) bond motifs is 1. The van der Waals surface area contributed by atoms with E-state index in [9.17, 15) is 18.0 Å². The fourth-order valence-corrected chi connectivity index (χ4v) is 1.86. The number of nitrogens with zero attached hydrogens (tertiary/aromatic N) is 1. The van der Waals surface area contributed by atoms with Gasteiger partial charge in [0.2, 0.25) is 6.04 Å². The first kappa shape index (κ1) is 14.3. The summed E-state index contributed by atoms with van der Waals surface area (Å²) in [6.45, 7) is 0.241. The van der Waals surface area contributed by atoms with Crippen molar-refractivity contribution in [2.75, 3.05) is 6.54 Å². The number of halogens is 3. The van der Waals surface area contributed by atoms with Crippen molar-refractivity contribution in [3.63, 3.8) is 0 Å². The van der Waals surface area contributed by atoms with E-state index in [4.69, 9.17) is 0 Å². The van der Waals surface area contributed by atoms with Gasteiger partial charge in [-0.15, -0.1) is 0 Å². The molecule has 2 aromatic rings. The Balaban J connectivity index is 2.14. The first-order valence-electron chi connectivity index (χ1n) is 6.11. The highest BCUT2D eigenvalue weighted by molar-refractivity contribution is 5.81. The fourth-order valence-electron chi connectivity index (χ4n) is 1.86. The van der Waals surface area contributed by atoms with Gasteiger partial charge < -0.3 is 5.32 Å². The maximum absolute atomic E-state index is 12.1. The molecular formula is C14H14F3N2O+. The summed E-state index contributed by atoms with van der Waals surface area (Å²) in [6.07, 6.45) is -0.975. The monoisotopic (exact) mass is 283 g/mol. The molecule has 0 spiro atoms. The van der Waals surface area contributed by atoms with E-state index in [-0.39, 0.29) is 0 Å². The maximum Gasteiger partial charge on any atom is 0.405 e. The topological polar surface area (TPSA) is 33.0 Å². The molecule has 0 unspecified atom stereocenters. The molecule has 0 bridgehead atoms. The Morgan fingerprint density at radius 1 is 1.25 bits per heavy atom. The zero-order chi connectivity index (χ0) is 14.8. The Kier molecular flexibility index (Phi) is 3.92. The summed E-state index contributed by atoms with van der Waals surface area (Å²) in [5, 5.41) is 3.81. The number of amides is 1. The molecule has 106 valence electrons. The van der Waals surface area contributed by atoms with Crippen molar-refractivity contribution in [3.8, 4) is 0 Å². The highest BCUT2D eigenvalue weighted by Crippen LogP contribution is 2.13. The lowest BCUT2D eigenvalue weighted by atomic mass is 10.1. The van der Waals surface area contributed by atoms with Gasteiger partial charge in [0.1, 0.15) is 6.54 Å². The first-order chi connectivity index (χ1) is 9.37. The normalized spacial score (nSPS) is 13.2. The van der Waals surface area contributed by atoms with Gasteiger partial charge in [-0.05, 0) is 11.5 Å². The van der Waals surface area contributed by atoms with Crippen LogP contribution in [-0.2, 0) is 4.79 Å². The van der Waals surface area contributed by atoms with E-state index in [0.29, 0.717) is 0 Å². The van der Waals surface area contributed by atoms with E-state index < -0.39 is 24.7 Å². The number of aromatic nitrogens is 1. The Labute approximate surface area is 114 Å². The number of benzene rings is 1. The molecule has 1 aromatic carbocycles. The predicted molar refractivity (Wildman–Crippen MR) is 67.9 cm³/mol. The average Bonchev–Trinajstić information content (AvgIpc) is 2.42. The van der Waals surface area contributed by atoms with Crippen LogP contribution in [0.25, 0.3) is 10.8 Å². The summed E-state index contributed by atoms with van der Waals surface area (Å²) in [7, 11) is 0. The van der Waals surface area contributed by atoms with Crippen LogP contribution in [0.2, 0.25) is 0 Å². The van der Waals surface area contributed by atoms with Gasteiger partial charge >= 0.3 is 6.18 Å². The largest absolute Gasteiger partial charge is 0.405 e. The molecule has 1 atom stereocenters. The minimum atomic E-state index is -4.40. The van der Waals surface area contributed by atoms with Crippen molar-refractivity contribution in [1.29, 1.82) is 0 Å². The van der Waals surface area contributed by atoms with Gasteiger partial charge in [0, 0.05) is 18.4 Å². The molecule has 0 saturated carbocycles. The quantitative estimate of drug-likeness (QED) is 0.862. The number of rotatable bonds is 3. The van der Waals surface area contributed by atoms with E-state index >= 15 is 0 Å².